The topological polar surface area (TPSA) is 50.7 Å². The van der Waals surface area contributed by atoms with Crippen molar-refractivity contribution in [3.05, 3.63) is 24.3 Å². The summed E-state index contributed by atoms with van der Waals surface area (Å²) in [6.45, 7) is 5.01. The van der Waals surface area contributed by atoms with Crippen molar-refractivity contribution >= 4 is 0 Å². The summed E-state index contributed by atoms with van der Waals surface area (Å²) in [5.74, 6) is 1.38. The van der Waals surface area contributed by atoms with Crippen molar-refractivity contribution < 1.29 is 14.6 Å². The third-order valence-electron chi connectivity index (χ3n) is 2.68. The summed E-state index contributed by atoms with van der Waals surface area (Å²) in [5, 5.41) is 13.6. The second kappa shape index (κ2) is 4.94. The van der Waals surface area contributed by atoms with E-state index in [0.29, 0.717) is 24.1 Å². The molecule has 4 nitrogen and oxygen atoms in total. The smallest absolute Gasteiger partial charge is 0.161 e. The van der Waals surface area contributed by atoms with Crippen LogP contribution in [0.15, 0.2) is 24.3 Å². The van der Waals surface area contributed by atoms with Gasteiger partial charge in [0.15, 0.2) is 11.5 Å². The van der Waals surface area contributed by atoms with Gasteiger partial charge < -0.3 is 19.9 Å². The summed E-state index contributed by atoms with van der Waals surface area (Å²) >= 11 is 0. The number of rotatable bonds is 3. The third kappa shape index (κ3) is 3.11. The number of para-hydroxylation sites is 2. The Labute approximate surface area is 102 Å². The molecule has 0 unspecified atom stereocenters. The molecule has 17 heavy (non-hydrogen) atoms. The normalized spacial score (nSPS) is 17.9. The number of nitrogens with one attached hydrogen (secondary N) is 1. The SMILES string of the molecule is CC(C)NCC1(O)COc2ccccc2OC1. The van der Waals surface area contributed by atoms with Gasteiger partial charge in [0.2, 0.25) is 0 Å². The Hall–Kier alpha value is -1.26. The molecule has 0 aliphatic carbocycles. The minimum atomic E-state index is -0.983. The number of hydrogen-bond acceptors (Lipinski definition) is 4. The molecule has 1 aromatic rings. The largest absolute Gasteiger partial charge is 0.487 e. The van der Waals surface area contributed by atoms with Gasteiger partial charge >= 0.3 is 0 Å². The molecule has 0 atom stereocenters. The van der Waals surface area contributed by atoms with Crippen LogP contribution in [0.4, 0.5) is 0 Å². The molecule has 0 spiro atoms. The van der Waals surface area contributed by atoms with E-state index in [4.69, 9.17) is 9.47 Å². The molecule has 2 N–H and O–H groups in total. The first-order valence-electron chi connectivity index (χ1n) is 5.89. The van der Waals surface area contributed by atoms with E-state index in [1.807, 2.05) is 38.1 Å². The van der Waals surface area contributed by atoms with Crippen LogP contribution in [0.5, 0.6) is 11.5 Å². The van der Waals surface area contributed by atoms with Crippen molar-refractivity contribution in [2.45, 2.75) is 25.5 Å². The van der Waals surface area contributed by atoms with Crippen LogP contribution in [0.1, 0.15) is 13.8 Å². The van der Waals surface area contributed by atoms with Crippen molar-refractivity contribution in [1.82, 2.24) is 5.32 Å². The molecule has 94 valence electrons. The lowest BCUT2D eigenvalue weighted by Crippen LogP contribution is -2.50. The molecule has 1 heterocycles. The summed E-state index contributed by atoms with van der Waals surface area (Å²) in [6, 6.07) is 7.79. The van der Waals surface area contributed by atoms with E-state index in [2.05, 4.69) is 5.32 Å². The van der Waals surface area contributed by atoms with Crippen LogP contribution < -0.4 is 14.8 Å². The fourth-order valence-corrected chi connectivity index (χ4v) is 1.65. The standard InChI is InChI=1S/C13H19NO3/c1-10(2)14-7-13(15)8-16-11-5-3-4-6-12(11)17-9-13/h3-6,10,14-15H,7-9H2,1-2H3. The average Bonchev–Trinajstić information content (AvgIpc) is 2.48. The van der Waals surface area contributed by atoms with Crippen molar-refractivity contribution in [1.29, 1.82) is 0 Å². The molecule has 0 radical (unpaired) electrons. The molecule has 2 rings (SSSR count). The Bertz CT molecular complexity index is 352. The Morgan fingerprint density at radius 1 is 1.24 bits per heavy atom. The van der Waals surface area contributed by atoms with Crippen LogP contribution in [0.25, 0.3) is 0 Å². The fourth-order valence-electron chi connectivity index (χ4n) is 1.65. The van der Waals surface area contributed by atoms with Crippen LogP contribution in [0.3, 0.4) is 0 Å². The second-order valence-electron chi connectivity index (χ2n) is 4.78. The predicted molar refractivity (Wildman–Crippen MR) is 65.5 cm³/mol. The van der Waals surface area contributed by atoms with Gasteiger partial charge in [0.25, 0.3) is 0 Å². The van der Waals surface area contributed by atoms with Gasteiger partial charge in [0.05, 0.1) is 0 Å². The monoisotopic (exact) mass is 237 g/mol. The van der Waals surface area contributed by atoms with Gasteiger partial charge in [-0.1, -0.05) is 26.0 Å². The van der Waals surface area contributed by atoms with E-state index in [9.17, 15) is 5.11 Å². The van der Waals surface area contributed by atoms with E-state index in [1.54, 1.807) is 0 Å². The fraction of sp³-hybridized carbons (Fsp3) is 0.538. The maximum atomic E-state index is 10.4. The van der Waals surface area contributed by atoms with Crippen molar-refractivity contribution in [3.8, 4) is 11.5 Å². The minimum absolute atomic E-state index is 0.240. The summed E-state index contributed by atoms with van der Waals surface area (Å²) in [4.78, 5) is 0. The molecule has 1 aliphatic heterocycles. The van der Waals surface area contributed by atoms with Crippen LogP contribution in [0, 0.1) is 0 Å². The van der Waals surface area contributed by atoms with Gasteiger partial charge in [-0.05, 0) is 12.1 Å². The maximum absolute atomic E-state index is 10.4. The van der Waals surface area contributed by atoms with Crippen molar-refractivity contribution in [2.24, 2.45) is 0 Å². The molecule has 0 aromatic heterocycles. The number of ether oxygens (including phenoxy) is 2. The van der Waals surface area contributed by atoms with E-state index in [-0.39, 0.29) is 13.2 Å². The zero-order valence-corrected chi connectivity index (χ0v) is 10.3. The first-order chi connectivity index (χ1) is 8.09. The lowest BCUT2D eigenvalue weighted by Gasteiger charge is -2.26. The number of hydrogen-bond donors (Lipinski definition) is 2. The van der Waals surface area contributed by atoms with Gasteiger partial charge in [0.1, 0.15) is 18.8 Å². The zero-order valence-electron chi connectivity index (χ0n) is 10.3. The van der Waals surface area contributed by atoms with Crippen LogP contribution >= 0.6 is 0 Å². The van der Waals surface area contributed by atoms with Crippen LogP contribution in [0.2, 0.25) is 0 Å². The maximum Gasteiger partial charge on any atom is 0.161 e. The Morgan fingerprint density at radius 3 is 2.24 bits per heavy atom. The highest BCUT2D eigenvalue weighted by Gasteiger charge is 2.32. The van der Waals surface area contributed by atoms with E-state index >= 15 is 0 Å². The molecule has 4 heteroatoms. The minimum Gasteiger partial charge on any atom is -0.487 e. The van der Waals surface area contributed by atoms with Crippen LogP contribution in [-0.4, -0.2) is 36.5 Å². The Kier molecular flexibility index (Phi) is 3.54. The molecule has 0 saturated carbocycles. The molecule has 1 aromatic carbocycles. The average molecular weight is 237 g/mol. The molecular formula is C13H19NO3. The molecular weight excluding hydrogens is 218 g/mol. The first kappa shape index (κ1) is 12.2. The number of fused-ring (bicyclic) bond motifs is 1. The van der Waals surface area contributed by atoms with Crippen molar-refractivity contribution in [2.75, 3.05) is 19.8 Å². The Balaban J connectivity index is 2.02. The highest BCUT2D eigenvalue weighted by Crippen LogP contribution is 2.30. The highest BCUT2D eigenvalue weighted by molar-refractivity contribution is 5.40. The van der Waals surface area contributed by atoms with E-state index in [1.165, 1.54) is 0 Å². The highest BCUT2D eigenvalue weighted by atomic mass is 16.6. The van der Waals surface area contributed by atoms with Crippen molar-refractivity contribution in [3.63, 3.8) is 0 Å². The third-order valence-corrected chi connectivity index (χ3v) is 2.68. The van der Waals surface area contributed by atoms with Gasteiger partial charge in [-0.15, -0.1) is 0 Å². The van der Waals surface area contributed by atoms with E-state index < -0.39 is 5.60 Å². The number of aliphatic hydroxyl groups is 1. The van der Waals surface area contributed by atoms with Gasteiger partial charge in [0, 0.05) is 12.6 Å². The van der Waals surface area contributed by atoms with E-state index in [0.717, 1.165) is 0 Å². The summed E-state index contributed by atoms with van der Waals surface area (Å²) in [5.41, 5.74) is -0.983. The van der Waals surface area contributed by atoms with Crippen LogP contribution in [-0.2, 0) is 0 Å². The lowest BCUT2D eigenvalue weighted by molar-refractivity contribution is -0.0277. The second-order valence-corrected chi connectivity index (χ2v) is 4.78. The summed E-state index contributed by atoms with van der Waals surface area (Å²) < 4.78 is 11.2. The molecule has 0 saturated heterocycles. The molecule has 0 amide bonds. The van der Waals surface area contributed by atoms with Gasteiger partial charge in [-0.25, -0.2) is 0 Å². The molecule has 1 aliphatic rings. The number of benzene rings is 1. The summed E-state index contributed by atoms with van der Waals surface area (Å²) in [7, 11) is 0. The molecule has 0 fully saturated rings. The molecule has 0 bridgehead atoms. The predicted octanol–water partition coefficient (Wildman–Crippen LogP) is 1.19. The summed E-state index contributed by atoms with van der Waals surface area (Å²) in [6.07, 6.45) is 0. The first-order valence-corrected chi connectivity index (χ1v) is 5.89. The zero-order chi connectivity index (χ0) is 12.3. The lowest BCUT2D eigenvalue weighted by atomic mass is 10.1. The van der Waals surface area contributed by atoms with Gasteiger partial charge in [-0.3, -0.25) is 0 Å². The van der Waals surface area contributed by atoms with Gasteiger partial charge in [-0.2, -0.15) is 0 Å². The Morgan fingerprint density at radius 2 is 1.76 bits per heavy atom. The quantitative estimate of drug-likeness (QED) is 0.829.